The monoisotopic (exact) mass is 260 g/mol. The van der Waals surface area contributed by atoms with Crippen molar-refractivity contribution in [3.8, 4) is 22.6 Å². The van der Waals surface area contributed by atoms with Crippen molar-refractivity contribution in [2.45, 2.75) is 6.61 Å². The first-order valence-electron chi connectivity index (χ1n) is 5.58. The van der Waals surface area contributed by atoms with Crippen LogP contribution in [-0.4, -0.2) is 16.2 Å². The number of aromatic hydroxyl groups is 1. The molecule has 4 nitrogen and oxygen atoms in total. The van der Waals surface area contributed by atoms with Gasteiger partial charge in [-0.3, -0.25) is 0 Å². The zero-order chi connectivity index (χ0) is 13.6. The lowest BCUT2D eigenvalue weighted by Gasteiger charge is -2.21. The van der Waals surface area contributed by atoms with E-state index in [0.29, 0.717) is 22.4 Å². The molecule has 2 N–H and O–H groups in total. The fourth-order valence-corrected chi connectivity index (χ4v) is 2.17. The molecule has 0 radical (unpaired) electrons. The number of benzene rings is 2. The van der Waals surface area contributed by atoms with Crippen molar-refractivity contribution in [1.82, 2.24) is 0 Å². The third-order valence-electron chi connectivity index (χ3n) is 3.07. The molecule has 2 aromatic carbocycles. The number of rotatable bonds is 1. The number of aromatic carboxylic acids is 1. The van der Waals surface area contributed by atoms with Crippen LogP contribution in [0.4, 0.5) is 4.39 Å². The Kier molecular flexibility index (Phi) is 2.41. The predicted molar refractivity (Wildman–Crippen MR) is 64.8 cm³/mol. The summed E-state index contributed by atoms with van der Waals surface area (Å²) in [6.07, 6.45) is 0. The largest absolute Gasteiger partial charge is 0.507 e. The van der Waals surface area contributed by atoms with Gasteiger partial charge in [-0.15, -0.1) is 0 Å². The lowest BCUT2D eigenvalue weighted by Crippen LogP contribution is -2.08. The van der Waals surface area contributed by atoms with Crippen LogP contribution in [0.2, 0.25) is 0 Å². The van der Waals surface area contributed by atoms with E-state index in [1.165, 1.54) is 30.3 Å². The molecule has 0 amide bonds. The van der Waals surface area contributed by atoms with Gasteiger partial charge < -0.3 is 14.9 Å². The number of carbonyl (C=O) groups is 1. The van der Waals surface area contributed by atoms with Crippen LogP contribution in [-0.2, 0) is 6.61 Å². The van der Waals surface area contributed by atoms with Crippen molar-refractivity contribution in [2.24, 2.45) is 0 Å². The molecule has 96 valence electrons. The minimum Gasteiger partial charge on any atom is -0.507 e. The van der Waals surface area contributed by atoms with Crippen LogP contribution in [0.1, 0.15) is 15.9 Å². The number of carboxylic acids is 1. The van der Waals surface area contributed by atoms with Crippen molar-refractivity contribution in [1.29, 1.82) is 0 Å². The highest BCUT2D eigenvalue weighted by Crippen LogP contribution is 2.40. The second-order valence-electron chi connectivity index (χ2n) is 4.26. The van der Waals surface area contributed by atoms with E-state index in [4.69, 9.17) is 9.84 Å². The third-order valence-corrected chi connectivity index (χ3v) is 3.07. The Bertz CT molecular complexity index is 694. The van der Waals surface area contributed by atoms with Crippen LogP contribution in [0.25, 0.3) is 11.1 Å². The van der Waals surface area contributed by atoms with Gasteiger partial charge in [0.1, 0.15) is 29.5 Å². The first-order valence-corrected chi connectivity index (χ1v) is 5.58. The van der Waals surface area contributed by atoms with Gasteiger partial charge in [0.2, 0.25) is 0 Å². The first kappa shape index (κ1) is 11.5. The quantitative estimate of drug-likeness (QED) is 0.827. The summed E-state index contributed by atoms with van der Waals surface area (Å²) in [5, 5.41) is 18.6. The molecule has 0 bridgehead atoms. The molecule has 0 fully saturated rings. The molecule has 19 heavy (non-hydrogen) atoms. The molecular weight excluding hydrogens is 251 g/mol. The van der Waals surface area contributed by atoms with Gasteiger partial charge in [-0.05, 0) is 35.9 Å². The smallest absolute Gasteiger partial charge is 0.339 e. The highest BCUT2D eigenvalue weighted by Gasteiger charge is 2.22. The summed E-state index contributed by atoms with van der Waals surface area (Å²) in [7, 11) is 0. The molecule has 1 heterocycles. The van der Waals surface area contributed by atoms with Crippen molar-refractivity contribution < 1.29 is 24.1 Å². The first-order chi connectivity index (χ1) is 9.06. The van der Waals surface area contributed by atoms with E-state index in [9.17, 15) is 14.3 Å². The summed E-state index contributed by atoms with van der Waals surface area (Å²) in [5.41, 5.74) is 1.47. The Labute approximate surface area is 107 Å². The average Bonchev–Trinajstić information content (AvgIpc) is 2.37. The molecule has 0 aromatic heterocycles. The third kappa shape index (κ3) is 1.79. The van der Waals surface area contributed by atoms with Crippen LogP contribution < -0.4 is 4.74 Å². The number of halogens is 1. The van der Waals surface area contributed by atoms with Crippen LogP contribution in [0, 0.1) is 5.82 Å². The number of fused-ring (bicyclic) bond motifs is 3. The van der Waals surface area contributed by atoms with Crippen LogP contribution >= 0.6 is 0 Å². The second kappa shape index (κ2) is 3.98. The summed E-state index contributed by atoms with van der Waals surface area (Å²) in [4.78, 5) is 11.0. The van der Waals surface area contributed by atoms with Gasteiger partial charge in [0, 0.05) is 11.1 Å². The Morgan fingerprint density at radius 3 is 2.74 bits per heavy atom. The molecule has 0 atom stereocenters. The lowest BCUT2D eigenvalue weighted by molar-refractivity contribution is 0.0693. The van der Waals surface area contributed by atoms with Crippen LogP contribution in [0.15, 0.2) is 30.3 Å². The van der Waals surface area contributed by atoms with Crippen LogP contribution in [0.5, 0.6) is 11.5 Å². The van der Waals surface area contributed by atoms with Crippen molar-refractivity contribution >= 4 is 5.97 Å². The molecule has 2 aromatic rings. The molecule has 5 heteroatoms. The molecule has 0 unspecified atom stereocenters. The van der Waals surface area contributed by atoms with E-state index >= 15 is 0 Å². The predicted octanol–water partition coefficient (Wildman–Crippen LogP) is 2.79. The van der Waals surface area contributed by atoms with Gasteiger partial charge in [-0.1, -0.05) is 0 Å². The maximum atomic E-state index is 13.3. The molecular formula is C14H9FO4. The molecule has 1 aliphatic rings. The number of carboxylic acid groups (broad SMARTS) is 1. The van der Waals surface area contributed by atoms with Gasteiger partial charge in [0.25, 0.3) is 0 Å². The maximum Gasteiger partial charge on any atom is 0.339 e. The van der Waals surface area contributed by atoms with Gasteiger partial charge in [0.05, 0.1) is 0 Å². The number of hydrogen-bond acceptors (Lipinski definition) is 3. The fraction of sp³-hybridized carbons (Fsp3) is 0.0714. The van der Waals surface area contributed by atoms with Gasteiger partial charge in [-0.25, -0.2) is 9.18 Å². The van der Waals surface area contributed by atoms with Gasteiger partial charge in [0.15, 0.2) is 0 Å². The molecule has 0 aliphatic carbocycles. The molecule has 3 rings (SSSR count). The number of ether oxygens (including phenoxy) is 1. The maximum absolute atomic E-state index is 13.3. The van der Waals surface area contributed by atoms with Gasteiger partial charge >= 0.3 is 5.97 Å². The van der Waals surface area contributed by atoms with Crippen molar-refractivity contribution in [3.63, 3.8) is 0 Å². The molecule has 1 aliphatic heterocycles. The van der Waals surface area contributed by atoms with E-state index in [2.05, 4.69) is 0 Å². The average molecular weight is 260 g/mol. The SMILES string of the molecule is O=C(O)c1cc2c(cc1O)COc1ccc(F)cc1-2. The van der Waals surface area contributed by atoms with E-state index in [-0.39, 0.29) is 17.9 Å². The Balaban J connectivity index is 2.27. The van der Waals surface area contributed by atoms with E-state index in [1.807, 2.05) is 0 Å². The van der Waals surface area contributed by atoms with Crippen molar-refractivity contribution in [3.05, 3.63) is 47.3 Å². The summed E-state index contributed by atoms with van der Waals surface area (Å²) >= 11 is 0. The van der Waals surface area contributed by atoms with E-state index < -0.39 is 11.8 Å². The zero-order valence-corrected chi connectivity index (χ0v) is 9.68. The topological polar surface area (TPSA) is 66.8 Å². The van der Waals surface area contributed by atoms with Gasteiger partial charge in [-0.2, -0.15) is 0 Å². The van der Waals surface area contributed by atoms with E-state index in [0.717, 1.165) is 0 Å². The second-order valence-corrected chi connectivity index (χ2v) is 4.26. The summed E-state index contributed by atoms with van der Waals surface area (Å²) in [6, 6.07) is 6.75. The molecule has 0 saturated heterocycles. The summed E-state index contributed by atoms with van der Waals surface area (Å²) < 4.78 is 18.7. The Morgan fingerprint density at radius 2 is 2.00 bits per heavy atom. The minimum atomic E-state index is -1.23. The zero-order valence-electron chi connectivity index (χ0n) is 9.68. The normalized spacial score (nSPS) is 12.3. The summed E-state index contributed by atoms with van der Waals surface area (Å²) in [5.74, 6) is -1.49. The Hall–Kier alpha value is -2.56. The van der Waals surface area contributed by atoms with Crippen molar-refractivity contribution in [2.75, 3.05) is 0 Å². The minimum absolute atomic E-state index is 0.210. The highest BCUT2D eigenvalue weighted by atomic mass is 19.1. The van der Waals surface area contributed by atoms with Crippen LogP contribution in [0.3, 0.4) is 0 Å². The molecule has 0 spiro atoms. The summed E-state index contributed by atoms with van der Waals surface area (Å²) in [6.45, 7) is 0.210. The number of phenols is 1. The lowest BCUT2D eigenvalue weighted by atomic mass is 9.94. The molecule has 0 saturated carbocycles. The fourth-order valence-electron chi connectivity index (χ4n) is 2.17. The Morgan fingerprint density at radius 1 is 1.21 bits per heavy atom. The highest BCUT2D eigenvalue weighted by molar-refractivity contribution is 5.93. The number of hydrogen-bond donors (Lipinski definition) is 2. The standard InChI is InChI=1S/C14H9FO4/c15-8-1-2-13-10(4-8)9-5-11(14(17)18)12(16)3-7(9)6-19-13/h1-5,16H,6H2,(H,17,18). The van der Waals surface area contributed by atoms with E-state index in [1.54, 1.807) is 0 Å².